The van der Waals surface area contributed by atoms with Gasteiger partial charge in [0, 0.05) is 29.2 Å². The van der Waals surface area contributed by atoms with Crippen LogP contribution in [-0.4, -0.2) is 45.3 Å². The average molecular weight is 509 g/mol. The molecule has 0 unspecified atom stereocenters. The summed E-state index contributed by atoms with van der Waals surface area (Å²) in [6.07, 6.45) is 1.78. The summed E-state index contributed by atoms with van der Waals surface area (Å²) in [6, 6.07) is 10.1. The second kappa shape index (κ2) is 11.3. The van der Waals surface area contributed by atoms with Crippen molar-refractivity contribution in [2.75, 3.05) is 18.5 Å². The molecule has 3 rings (SSSR count). The molecule has 2 aromatic rings. The Hall–Kier alpha value is -2.95. The van der Waals surface area contributed by atoms with Crippen LogP contribution in [-0.2, 0) is 14.4 Å². The molecule has 1 saturated heterocycles. The molecule has 0 radical (unpaired) electrons. The number of thioether (sulfide) groups is 1. The fraction of sp³-hybridized carbons (Fsp3) is 0.182. The zero-order valence-electron chi connectivity index (χ0n) is 17.0. The minimum atomic E-state index is -0.944. The molecule has 2 N–H and O–H groups in total. The fourth-order valence-corrected chi connectivity index (χ4v) is 4.34. The summed E-state index contributed by atoms with van der Waals surface area (Å²) >= 11 is 12.4. The van der Waals surface area contributed by atoms with E-state index in [-0.39, 0.29) is 31.9 Å². The Balaban J connectivity index is 1.69. The van der Waals surface area contributed by atoms with E-state index in [2.05, 4.69) is 5.32 Å². The van der Waals surface area contributed by atoms with Crippen molar-refractivity contribution in [3.63, 3.8) is 0 Å². The van der Waals surface area contributed by atoms with Crippen LogP contribution in [0.2, 0.25) is 5.02 Å². The van der Waals surface area contributed by atoms with Crippen LogP contribution in [0.1, 0.15) is 18.4 Å². The number of hydrogen-bond acceptors (Lipinski definition) is 6. The third-order valence-electron chi connectivity index (χ3n) is 4.39. The van der Waals surface area contributed by atoms with Gasteiger partial charge in [-0.15, -0.1) is 0 Å². The zero-order valence-corrected chi connectivity index (χ0v) is 19.4. The molecule has 0 saturated carbocycles. The molecule has 1 heterocycles. The topological polar surface area (TPSA) is 95.9 Å². The van der Waals surface area contributed by atoms with Crippen LogP contribution < -0.4 is 10.1 Å². The van der Waals surface area contributed by atoms with Crippen molar-refractivity contribution in [3.05, 3.63) is 63.8 Å². The first-order chi connectivity index (χ1) is 15.7. The van der Waals surface area contributed by atoms with Crippen molar-refractivity contribution in [3.8, 4) is 5.75 Å². The number of benzene rings is 2. The van der Waals surface area contributed by atoms with Gasteiger partial charge in [0.1, 0.15) is 15.9 Å². The molecule has 0 atom stereocenters. The van der Waals surface area contributed by atoms with E-state index in [1.54, 1.807) is 24.3 Å². The number of carbonyl (C=O) groups is 3. The van der Waals surface area contributed by atoms with Crippen LogP contribution in [0.15, 0.2) is 47.4 Å². The smallest absolute Gasteiger partial charge is 0.303 e. The van der Waals surface area contributed by atoms with E-state index in [9.17, 15) is 18.8 Å². The molecule has 0 aromatic heterocycles. The summed E-state index contributed by atoms with van der Waals surface area (Å²) in [5.74, 6) is -1.82. The van der Waals surface area contributed by atoms with Crippen LogP contribution >= 0.6 is 35.6 Å². The van der Waals surface area contributed by atoms with Crippen LogP contribution in [0.25, 0.3) is 6.08 Å². The van der Waals surface area contributed by atoms with Gasteiger partial charge in [0.2, 0.25) is 0 Å². The normalized spacial score (nSPS) is 14.6. The lowest BCUT2D eigenvalue weighted by Gasteiger charge is -2.13. The summed E-state index contributed by atoms with van der Waals surface area (Å²) in [5, 5.41) is 11.8. The zero-order chi connectivity index (χ0) is 24.0. The van der Waals surface area contributed by atoms with E-state index in [0.717, 1.165) is 11.8 Å². The van der Waals surface area contributed by atoms with Gasteiger partial charge in [-0.25, -0.2) is 4.39 Å². The molecule has 0 spiro atoms. The number of anilines is 1. The third kappa shape index (κ3) is 7.01. The molecule has 2 aromatic carbocycles. The Kier molecular flexibility index (Phi) is 8.43. The first-order valence-corrected chi connectivity index (χ1v) is 11.3. The van der Waals surface area contributed by atoms with E-state index in [1.165, 1.54) is 29.2 Å². The summed E-state index contributed by atoms with van der Waals surface area (Å²) < 4.78 is 18.9. The maximum atomic E-state index is 13.0. The molecule has 172 valence electrons. The summed E-state index contributed by atoms with van der Waals surface area (Å²) in [5.41, 5.74) is 0.899. The number of halogens is 2. The van der Waals surface area contributed by atoms with Crippen LogP contribution in [0, 0.1) is 5.82 Å². The molecule has 2 amide bonds. The minimum absolute atomic E-state index is 0.0671. The Labute approximate surface area is 203 Å². The molecule has 7 nitrogen and oxygen atoms in total. The number of aliphatic carboxylic acids is 1. The molecule has 0 aliphatic carbocycles. The monoisotopic (exact) mass is 508 g/mol. The number of rotatable bonds is 9. The number of carboxylic acid groups (broad SMARTS) is 1. The number of thiocarbonyl (C=S) groups is 1. The first-order valence-electron chi connectivity index (χ1n) is 9.68. The van der Waals surface area contributed by atoms with Crippen molar-refractivity contribution in [2.45, 2.75) is 12.8 Å². The quantitative estimate of drug-likeness (QED) is 0.378. The molecular formula is C22H18ClFN2O5S2. The molecule has 33 heavy (non-hydrogen) atoms. The van der Waals surface area contributed by atoms with Gasteiger partial charge in [-0.2, -0.15) is 0 Å². The standard InChI is InChI=1S/C22H18ClFN2O5S2/c23-14-3-8-17(31-12-19(27)25-16-6-4-15(24)5-7-16)13(10-14)11-18-21(30)26(22(32)33-18)9-1-2-20(28)29/h3-8,10-11H,1-2,9,12H2,(H,25,27)(H,28,29)/b18-11-. The van der Waals surface area contributed by atoms with Gasteiger partial charge in [-0.1, -0.05) is 35.6 Å². The van der Waals surface area contributed by atoms with E-state index in [0.29, 0.717) is 31.2 Å². The average Bonchev–Trinajstić information content (AvgIpc) is 3.02. The van der Waals surface area contributed by atoms with Crippen molar-refractivity contribution < 1.29 is 28.6 Å². The van der Waals surface area contributed by atoms with Crippen molar-refractivity contribution in [1.82, 2.24) is 4.90 Å². The second-order valence-corrected chi connectivity index (χ2v) is 8.97. The van der Waals surface area contributed by atoms with Crippen molar-refractivity contribution >= 4 is 69.4 Å². The van der Waals surface area contributed by atoms with Gasteiger partial charge in [0.15, 0.2) is 6.61 Å². The maximum absolute atomic E-state index is 13.0. The van der Waals surface area contributed by atoms with Gasteiger partial charge < -0.3 is 15.2 Å². The highest BCUT2D eigenvalue weighted by atomic mass is 35.5. The SMILES string of the molecule is O=C(O)CCCN1C(=O)/C(=C/c2cc(Cl)ccc2OCC(=O)Nc2ccc(F)cc2)SC1=S. The van der Waals surface area contributed by atoms with Gasteiger partial charge in [0.25, 0.3) is 11.8 Å². The Morgan fingerprint density at radius 2 is 1.97 bits per heavy atom. The van der Waals surface area contributed by atoms with E-state index in [4.69, 9.17) is 33.7 Å². The summed E-state index contributed by atoms with van der Waals surface area (Å²) in [7, 11) is 0. The van der Waals surface area contributed by atoms with Gasteiger partial charge >= 0.3 is 5.97 Å². The number of ether oxygens (including phenoxy) is 1. The minimum Gasteiger partial charge on any atom is -0.483 e. The van der Waals surface area contributed by atoms with Crippen molar-refractivity contribution in [2.24, 2.45) is 0 Å². The summed E-state index contributed by atoms with van der Waals surface area (Å²) in [4.78, 5) is 37.3. The molecule has 1 aliphatic rings. The number of carbonyl (C=O) groups excluding carboxylic acids is 2. The lowest BCUT2D eigenvalue weighted by atomic mass is 10.2. The number of nitrogens with one attached hydrogen (secondary N) is 1. The molecule has 1 aliphatic heterocycles. The Morgan fingerprint density at radius 3 is 2.67 bits per heavy atom. The van der Waals surface area contributed by atoms with Crippen LogP contribution in [0.4, 0.5) is 10.1 Å². The number of carboxylic acids is 1. The Morgan fingerprint density at radius 1 is 1.24 bits per heavy atom. The van der Waals surface area contributed by atoms with E-state index in [1.807, 2.05) is 0 Å². The molecule has 0 bridgehead atoms. The number of amides is 2. The van der Waals surface area contributed by atoms with Gasteiger partial charge in [0.05, 0.1) is 4.91 Å². The van der Waals surface area contributed by atoms with Crippen molar-refractivity contribution in [1.29, 1.82) is 0 Å². The third-order valence-corrected chi connectivity index (χ3v) is 6.00. The highest BCUT2D eigenvalue weighted by molar-refractivity contribution is 8.26. The molecular weight excluding hydrogens is 491 g/mol. The summed E-state index contributed by atoms with van der Waals surface area (Å²) in [6.45, 7) is -0.118. The van der Waals surface area contributed by atoms with Crippen LogP contribution in [0.3, 0.4) is 0 Å². The van der Waals surface area contributed by atoms with Crippen LogP contribution in [0.5, 0.6) is 5.75 Å². The Bertz CT molecular complexity index is 1120. The lowest BCUT2D eigenvalue weighted by Crippen LogP contribution is -2.29. The molecule has 11 heteroatoms. The van der Waals surface area contributed by atoms with E-state index >= 15 is 0 Å². The number of nitrogens with zero attached hydrogens (tertiary/aromatic N) is 1. The predicted molar refractivity (Wildman–Crippen MR) is 129 cm³/mol. The fourth-order valence-electron chi connectivity index (χ4n) is 2.86. The van der Waals surface area contributed by atoms with Gasteiger partial charge in [-0.3, -0.25) is 19.3 Å². The number of hydrogen-bond donors (Lipinski definition) is 2. The predicted octanol–water partition coefficient (Wildman–Crippen LogP) is 4.56. The lowest BCUT2D eigenvalue weighted by molar-refractivity contribution is -0.137. The maximum Gasteiger partial charge on any atom is 0.303 e. The highest BCUT2D eigenvalue weighted by Crippen LogP contribution is 2.35. The second-order valence-electron chi connectivity index (χ2n) is 6.86. The first kappa shape index (κ1) is 24.7. The highest BCUT2D eigenvalue weighted by Gasteiger charge is 2.32. The van der Waals surface area contributed by atoms with Gasteiger partial charge in [-0.05, 0) is 55.0 Å². The largest absolute Gasteiger partial charge is 0.483 e. The van der Waals surface area contributed by atoms with E-state index < -0.39 is 17.7 Å². The molecule has 1 fully saturated rings.